The zero-order valence-corrected chi connectivity index (χ0v) is 19.3. The maximum atomic E-state index is 13.5. The maximum absolute atomic E-state index is 13.5. The summed E-state index contributed by atoms with van der Waals surface area (Å²) in [4.78, 5) is 19.6. The lowest BCUT2D eigenvalue weighted by Gasteiger charge is -2.25. The lowest BCUT2D eigenvalue weighted by Crippen LogP contribution is -2.33. The van der Waals surface area contributed by atoms with Gasteiger partial charge >= 0.3 is 12.5 Å². The summed E-state index contributed by atoms with van der Waals surface area (Å²) in [5.74, 6) is -0.774. The second-order valence-electron chi connectivity index (χ2n) is 8.07. The van der Waals surface area contributed by atoms with Crippen molar-refractivity contribution in [1.82, 2.24) is 0 Å². The van der Waals surface area contributed by atoms with Crippen LogP contribution in [0.15, 0.2) is 83.9 Å². The molecule has 4 nitrogen and oxygen atoms in total. The maximum Gasteiger partial charge on any atom is 0.461 e. The van der Waals surface area contributed by atoms with Gasteiger partial charge in [0.15, 0.2) is 0 Å². The molecule has 182 valence electrons. The molecule has 0 aromatic heterocycles. The Balaban J connectivity index is 1.71. The van der Waals surface area contributed by atoms with Crippen molar-refractivity contribution in [1.29, 1.82) is 0 Å². The van der Waals surface area contributed by atoms with Crippen LogP contribution >= 0.6 is 11.6 Å². The van der Waals surface area contributed by atoms with Crippen LogP contribution in [0, 0.1) is 0 Å². The highest BCUT2D eigenvalue weighted by atomic mass is 35.5. The number of benzene rings is 3. The number of amides is 1. The van der Waals surface area contributed by atoms with E-state index in [0.29, 0.717) is 22.0 Å². The first-order valence-electron chi connectivity index (χ1n) is 10.8. The van der Waals surface area contributed by atoms with Crippen LogP contribution in [0.3, 0.4) is 0 Å². The van der Waals surface area contributed by atoms with Gasteiger partial charge in [0.1, 0.15) is 11.5 Å². The van der Waals surface area contributed by atoms with Crippen molar-refractivity contribution in [2.24, 2.45) is 4.99 Å². The molecular weight excluding hydrogens is 484 g/mol. The molecule has 0 unspecified atom stereocenters. The van der Waals surface area contributed by atoms with Crippen molar-refractivity contribution in [3.8, 4) is 5.75 Å². The van der Waals surface area contributed by atoms with E-state index < -0.39 is 24.3 Å². The number of carbonyl (C=O) groups is 1. The van der Waals surface area contributed by atoms with E-state index in [4.69, 9.17) is 11.6 Å². The van der Waals surface area contributed by atoms with Crippen molar-refractivity contribution in [3.63, 3.8) is 0 Å². The van der Waals surface area contributed by atoms with E-state index in [9.17, 15) is 22.4 Å². The van der Waals surface area contributed by atoms with E-state index in [1.165, 1.54) is 17.0 Å². The highest BCUT2D eigenvalue weighted by molar-refractivity contribution is 6.46. The van der Waals surface area contributed by atoms with Crippen LogP contribution < -0.4 is 9.64 Å². The molecule has 9 heteroatoms. The van der Waals surface area contributed by atoms with Crippen molar-refractivity contribution in [2.75, 3.05) is 4.90 Å². The molecule has 1 aliphatic rings. The summed E-state index contributed by atoms with van der Waals surface area (Å²) in [6, 6.07) is 20.6. The van der Waals surface area contributed by atoms with Crippen molar-refractivity contribution >= 4 is 28.9 Å². The van der Waals surface area contributed by atoms with Crippen LogP contribution in [0.25, 0.3) is 0 Å². The summed E-state index contributed by atoms with van der Waals surface area (Å²) in [5, 5.41) is 0.480. The zero-order valence-electron chi connectivity index (χ0n) is 18.5. The van der Waals surface area contributed by atoms with Gasteiger partial charge in [0.25, 0.3) is 5.91 Å². The average Bonchev–Trinajstić information content (AvgIpc) is 3.16. The minimum atomic E-state index is -4.64. The minimum absolute atomic E-state index is 0.188. The van der Waals surface area contributed by atoms with Crippen molar-refractivity contribution < 1.29 is 27.1 Å². The van der Waals surface area contributed by atoms with Gasteiger partial charge in [0.05, 0.1) is 12.1 Å². The fourth-order valence-corrected chi connectivity index (χ4v) is 4.07. The topological polar surface area (TPSA) is 41.9 Å². The monoisotopic (exact) mass is 504 g/mol. The summed E-state index contributed by atoms with van der Waals surface area (Å²) in [6.07, 6.45) is -8.44. The van der Waals surface area contributed by atoms with Gasteiger partial charge in [0, 0.05) is 17.1 Å². The van der Waals surface area contributed by atoms with Crippen LogP contribution in [-0.4, -0.2) is 24.2 Å². The van der Waals surface area contributed by atoms with Gasteiger partial charge in [-0.1, -0.05) is 54.1 Å². The van der Waals surface area contributed by atoms with E-state index in [0.717, 1.165) is 11.6 Å². The molecule has 35 heavy (non-hydrogen) atoms. The zero-order chi connectivity index (χ0) is 25.2. The number of halogens is 5. The summed E-state index contributed by atoms with van der Waals surface area (Å²) in [5.41, 5.74) is 2.21. The summed E-state index contributed by atoms with van der Waals surface area (Å²) >= 11 is 6.01. The lowest BCUT2D eigenvalue weighted by molar-refractivity contribution is -0.253. The standard InChI is InChI=1S/C26H21ClF4N2O2/c1-16(17-6-3-2-4-7-17)32-22-15-23(33(24(22)34)20-12-10-19(27)11-13-20)18-8-5-9-21(14-18)35-26(30,31)25(28)29/h2-14,16,23,25H,15H2,1H3/t16-,23+/m1/s1. The Hall–Kier alpha value is -3.39. The number of ether oxygens (including phenoxy) is 1. The molecule has 0 spiro atoms. The van der Waals surface area contributed by atoms with Crippen molar-refractivity contribution in [2.45, 2.75) is 38.0 Å². The molecule has 1 heterocycles. The highest BCUT2D eigenvalue weighted by Crippen LogP contribution is 2.39. The molecule has 1 amide bonds. The number of aliphatic imine (C=N–C) groups is 1. The smallest absolute Gasteiger partial charge is 0.428 e. The van der Waals surface area contributed by atoms with Gasteiger partial charge in [0.2, 0.25) is 0 Å². The highest BCUT2D eigenvalue weighted by Gasteiger charge is 2.44. The number of carbonyl (C=O) groups excluding carboxylic acids is 1. The molecular formula is C26H21ClF4N2O2. The second kappa shape index (κ2) is 10.1. The molecule has 0 aliphatic carbocycles. The predicted molar refractivity (Wildman–Crippen MR) is 127 cm³/mol. The number of rotatable bonds is 7. The quantitative estimate of drug-likeness (QED) is 0.318. The predicted octanol–water partition coefficient (Wildman–Crippen LogP) is 7.26. The first-order chi connectivity index (χ1) is 16.7. The number of hydrogen-bond acceptors (Lipinski definition) is 3. The Bertz CT molecular complexity index is 1220. The SMILES string of the molecule is C[C@@H](N=C1C[C@@H](c2cccc(OC(F)(F)C(F)F)c2)N(c2ccc(Cl)cc2)C1=O)c1ccccc1. The Kier molecular flexibility index (Phi) is 7.12. The van der Waals surface area contributed by atoms with Gasteiger partial charge in [-0.2, -0.15) is 17.6 Å². The number of anilines is 1. The van der Waals surface area contributed by atoms with Gasteiger partial charge in [-0.05, 0) is 54.4 Å². The Labute approximate surface area is 204 Å². The van der Waals surface area contributed by atoms with Crippen LogP contribution in [0.5, 0.6) is 5.75 Å². The van der Waals surface area contributed by atoms with E-state index >= 15 is 0 Å². The van der Waals surface area contributed by atoms with Gasteiger partial charge in [-0.25, -0.2) is 0 Å². The largest absolute Gasteiger partial charge is 0.461 e. The molecule has 0 N–H and O–H groups in total. The van der Waals surface area contributed by atoms with Crippen molar-refractivity contribution in [3.05, 3.63) is 95.0 Å². The van der Waals surface area contributed by atoms with Crippen LogP contribution in [0.2, 0.25) is 5.02 Å². The fraction of sp³-hybridized carbons (Fsp3) is 0.231. The molecule has 0 saturated carbocycles. The van der Waals surface area contributed by atoms with Gasteiger partial charge < -0.3 is 4.74 Å². The molecule has 1 saturated heterocycles. The van der Waals surface area contributed by atoms with E-state index in [2.05, 4.69) is 9.73 Å². The number of alkyl halides is 4. The molecule has 3 aromatic carbocycles. The van der Waals surface area contributed by atoms with Gasteiger partial charge in [-0.3, -0.25) is 14.7 Å². The van der Waals surface area contributed by atoms with Gasteiger partial charge in [-0.15, -0.1) is 0 Å². The number of hydrogen-bond donors (Lipinski definition) is 0. The molecule has 0 radical (unpaired) electrons. The third-order valence-corrected chi connectivity index (χ3v) is 5.90. The first kappa shape index (κ1) is 24.7. The van der Waals surface area contributed by atoms with E-state index in [1.807, 2.05) is 37.3 Å². The first-order valence-corrected chi connectivity index (χ1v) is 11.2. The fourth-order valence-electron chi connectivity index (χ4n) is 3.94. The van der Waals surface area contributed by atoms with Crippen LogP contribution in [-0.2, 0) is 4.79 Å². The Morgan fingerprint density at radius 3 is 2.37 bits per heavy atom. The average molecular weight is 505 g/mol. The second-order valence-corrected chi connectivity index (χ2v) is 8.51. The van der Waals surface area contributed by atoms with Crippen LogP contribution in [0.4, 0.5) is 23.2 Å². The van der Waals surface area contributed by atoms with Crippen LogP contribution in [0.1, 0.15) is 36.6 Å². The summed E-state index contributed by atoms with van der Waals surface area (Å²) in [6.45, 7) is 1.87. The van der Waals surface area contributed by atoms with E-state index in [-0.39, 0.29) is 18.4 Å². The molecule has 2 atom stereocenters. The molecule has 1 aliphatic heterocycles. The molecule has 1 fully saturated rings. The summed E-state index contributed by atoms with van der Waals surface area (Å²) in [7, 11) is 0. The molecule has 0 bridgehead atoms. The Morgan fingerprint density at radius 2 is 1.71 bits per heavy atom. The number of nitrogens with zero attached hydrogens (tertiary/aromatic N) is 2. The third-order valence-electron chi connectivity index (χ3n) is 5.65. The minimum Gasteiger partial charge on any atom is -0.428 e. The molecule has 3 aromatic rings. The third kappa shape index (κ3) is 5.48. The Morgan fingerprint density at radius 1 is 1.03 bits per heavy atom. The normalized spacial score (nSPS) is 18.4. The van der Waals surface area contributed by atoms with E-state index in [1.54, 1.807) is 30.3 Å². The summed E-state index contributed by atoms with van der Waals surface area (Å²) < 4.78 is 56.5. The molecule has 4 rings (SSSR count). The lowest BCUT2D eigenvalue weighted by atomic mass is 10.0.